The fourth-order valence-corrected chi connectivity index (χ4v) is 1.74. The molecule has 0 atom stereocenters. The first kappa shape index (κ1) is 12.8. The molecule has 0 aliphatic rings. The van der Waals surface area contributed by atoms with Gasteiger partial charge in [0.25, 0.3) is 5.82 Å². The molecule has 1 aromatic carbocycles. The molecule has 0 radical (unpaired) electrons. The van der Waals surface area contributed by atoms with E-state index in [1.54, 1.807) is 7.11 Å². The molecule has 3 aromatic rings. The van der Waals surface area contributed by atoms with E-state index in [0.29, 0.717) is 11.7 Å². The zero-order chi connectivity index (χ0) is 14.7. The minimum atomic E-state index is 0.102. The average Bonchev–Trinajstić information content (AvgIpc) is 3.17. The van der Waals surface area contributed by atoms with Gasteiger partial charge in [0.2, 0.25) is 11.7 Å². The number of methoxy groups -OCH3 is 1. The number of aromatic nitrogens is 5. The fraction of sp³-hybridized carbons (Fsp3) is 0.154. The average molecular weight is 282 g/mol. The third-order valence-electron chi connectivity index (χ3n) is 2.75. The fourth-order valence-electron chi connectivity index (χ4n) is 1.74. The molecule has 0 spiro atoms. The second kappa shape index (κ2) is 5.42. The van der Waals surface area contributed by atoms with Gasteiger partial charge >= 0.3 is 0 Å². The first-order valence-corrected chi connectivity index (χ1v) is 6.05. The quantitative estimate of drug-likeness (QED) is 0.709. The van der Waals surface area contributed by atoms with Crippen molar-refractivity contribution in [3.05, 3.63) is 42.3 Å². The molecule has 0 amide bonds. The van der Waals surface area contributed by atoms with E-state index in [0.717, 1.165) is 11.3 Å². The van der Waals surface area contributed by atoms with Gasteiger partial charge in [0.05, 0.1) is 7.11 Å². The van der Waals surface area contributed by atoms with Crippen LogP contribution in [0.3, 0.4) is 0 Å². The van der Waals surface area contributed by atoms with Crippen molar-refractivity contribution in [3.8, 4) is 23.2 Å². The van der Waals surface area contributed by atoms with Crippen LogP contribution in [0.25, 0.3) is 11.4 Å². The van der Waals surface area contributed by atoms with Crippen molar-refractivity contribution in [3.63, 3.8) is 0 Å². The predicted octanol–water partition coefficient (Wildman–Crippen LogP) is 1.26. The molecule has 3 rings (SSSR count). The summed E-state index contributed by atoms with van der Waals surface area (Å²) in [5, 5.41) is 16.5. The Hall–Kier alpha value is -3.21. The molecule has 2 heterocycles. The molecule has 0 fully saturated rings. The zero-order valence-electron chi connectivity index (χ0n) is 11.1. The molecular weight excluding hydrogens is 272 g/mol. The minimum Gasteiger partial charge on any atom is -0.497 e. The summed E-state index contributed by atoms with van der Waals surface area (Å²) in [7, 11) is 1.61. The Bertz CT molecular complexity index is 784. The van der Waals surface area contributed by atoms with Crippen LogP contribution in [0.1, 0.15) is 11.7 Å². The summed E-state index contributed by atoms with van der Waals surface area (Å²) in [6, 6.07) is 9.18. The molecule has 0 saturated heterocycles. The van der Waals surface area contributed by atoms with Crippen LogP contribution in [-0.2, 0) is 6.54 Å². The lowest BCUT2D eigenvalue weighted by atomic mass is 10.2. The minimum absolute atomic E-state index is 0.102. The predicted molar refractivity (Wildman–Crippen MR) is 70.1 cm³/mol. The number of ether oxygens (including phenoxy) is 1. The summed E-state index contributed by atoms with van der Waals surface area (Å²) in [4.78, 5) is 8.08. The molecule has 0 N–H and O–H groups in total. The number of hydrogen-bond acceptors (Lipinski definition) is 7. The summed E-state index contributed by atoms with van der Waals surface area (Å²) in [6.07, 6.45) is 1.44. The largest absolute Gasteiger partial charge is 0.497 e. The first-order valence-electron chi connectivity index (χ1n) is 6.05. The normalized spacial score (nSPS) is 10.3. The van der Waals surface area contributed by atoms with Gasteiger partial charge in [-0.15, -0.1) is 5.10 Å². The Kier molecular flexibility index (Phi) is 3.31. The maximum absolute atomic E-state index is 8.66. The Morgan fingerprint density at radius 1 is 1.33 bits per heavy atom. The van der Waals surface area contributed by atoms with Crippen molar-refractivity contribution in [1.82, 2.24) is 24.9 Å². The van der Waals surface area contributed by atoms with Crippen LogP contribution in [0.4, 0.5) is 0 Å². The number of rotatable bonds is 4. The van der Waals surface area contributed by atoms with Crippen LogP contribution in [-0.4, -0.2) is 32.0 Å². The maximum atomic E-state index is 8.66. The Labute approximate surface area is 119 Å². The van der Waals surface area contributed by atoms with Crippen LogP contribution < -0.4 is 4.74 Å². The van der Waals surface area contributed by atoms with Crippen molar-refractivity contribution in [2.45, 2.75) is 6.54 Å². The molecule has 0 aliphatic heterocycles. The third kappa shape index (κ3) is 2.71. The smallest absolute Gasteiger partial charge is 0.252 e. The van der Waals surface area contributed by atoms with Gasteiger partial charge in [0.1, 0.15) is 24.7 Å². The van der Waals surface area contributed by atoms with E-state index in [2.05, 4.69) is 20.2 Å². The lowest BCUT2D eigenvalue weighted by molar-refractivity contribution is 0.366. The molecule has 104 valence electrons. The van der Waals surface area contributed by atoms with Gasteiger partial charge in [-0.3, -0.25) is 0 Å². The first-order chi connectivity index (χ1) is 10.3. The van der Waals surface area contributed by atoms with Crippen molar-refractivity contribution in [2.24, 2.45) is 0 Å². The molecule has 21 heavy (non-hydrogen) atoms. The number of benzene rings is 1. The molecule has 0 unspecified atom stereocenters. The lowest BCUT2D eigenvalue weighted by Crippen LogP contribution is -2.00. The van der Waals surface area contributed by atoms with Crippen LogP contribution in [0.5, 0.6) is 5.75 Å². The van der Waals surface area contributed by atoms with Gasteiger partial charge in [-0.1, -0.05) is 5.16 Å². The van der Waals surface area contributed by atoms with E-state index >= 15 is 0 Å². The van der Waals surface area contributed by atoms with Crippen LogP contribution >= 0.6 is 0 Å². The van der Waals surface area contributed by atoms with Gasteiger partial charge in [0.15, 0.2) is 0 Å². The third-order valence-corrected chi connectivity index (χ3v) is 2.75. The molecule has 2 aromatic heterocycles. The topological polar surface area (TPSA) is 103 Å². The maximum Gasteiger partial charge on any atom is 0.252 e. The Morgan fingerprint density at radius 2 is 2.14 bits per heavy atom. The van der Waals surface area contributed by atoms with E-state index in [9.17, 15) is 0 Å². The summed E-state index contributed by atoms with van der Waals surface area (Å²) in [6.45, 7) is 0.262. The SMILES string of the molecule is COc1ccc(-c2noc(Cn3cnc(C#N)n3)n2)cc1. The Balaban J connectivity index is 1.77. The van der Waals surface area contributed by atoms with Crippen LogP contribution in [0.2, 0.25) is 0 Å². The summed E-state index contributed by atoms with van der Waals surface area (Å²) in [5.41, 5.74) is 0.821. The van der Waals surface area contributed by atoms with E-state index in [1.807, 2.05) is 30.3 Å². The lowest BCUT2D eigenvalue weighted by Gasteiger charge is -1.98. The highest BCUT2D eigenvalue weighted by molar-refractivity contribution is 5.55. The van der Waals surface area contributed by atoms with Gasteiger partial charge in [-0.2, -0.15) is 10.2 Å². The highest BCUT2D eigenvalue weighted by Gasteiger charge is 2.10. The highest BCUT2D eigenvalue weighted by Crippen LogP contribution is 2.19. The summed E-state index contributed by atoms with van der Waals surface area (Å²) >= 11 is 0. The van der Waals surface area contributed by atoms with Crippen molar-refractivity contribution < 1.29 is 9.26 Å². The van der Waals surface area contributed by atoms with Crippen LogP contribution in [0.15, 0.2) is 35.1 Å². The second-order valence-electron chi connectivity index (χ2n) is 4.12. The standard InChI is InChI=1S/C13H10N6O2/c1-20-10-4-2-9(3-5-10)13-16-12(21-18-13)7-19-8-15-11(6-14)17-19/h2-5,8H,7H2,1H3. The highest BCUT2D eigenvalue weighted by atomic mass is 16.5. The van der Waals surface area contributed by atoms with Crippen LogP contribution in [0, 0.1) is 11.3 Å². The number of nitrogens with zero attached hydrogens (tertiary/aromatic N) is 6. The van der Waals surface area contributed by atoms with Gasteiger partial charge in [0, 0.05) is 5.56 Å². The zero-order valence-corrected chi connectivity index (χ0v) is 11.1. The van der Waals surface area contributed by atoms with Crippen molar-refractivity contribution >= 4 is 0 Å². The van der Waals surface area contributed by atoms with E-state index in [-0.39, 0.29) is 12.4 Å². The Morgan fingerprint density at radius 3 is 2.81 bits per heavy atom. The van der Waals surface area contributed by atoms with Gasteiger partial charge in [-0.05, 0) is 24.3 Å². The molecular formula is C13H10N6O2. The molecule has 8 heteroatoms. The van der Waals surface area contributed by atoms with Gasteiger partial charge < -0.3 is 9.26 Å². The van der Waals surface area contributed by atoms with E-state index < -0.39 is 0 Å². The number of hydrogen-bond donors (Lipinski definition) is 0. The molecule has 0 bridgehead atoms. The number of nitriles is 1. The van der Waals surface area contributed by atoms with E-state index in [1.165, 1.54) is 11.0 Å². The summed E-state index contributed by atoms with van der Waals surface area (Å²) in [5.74, 6) is 1.72. The monoisotopic (exact) mass is 282 g/mol. The molecule has 8 nitrogen and oxygen atoms in total. The van der Waals surface area contributed by atoms with Gasteiger partial charge in [-0.25, -0.2) is 9.67 Å². The molecule has 0 aliphatic carbocycles. The summed E-state index contributed by atoms with van der Waals surface area (Å²) < 4.78 is 11.7. The second-order valence-corrected chi connectivity index (χ2v) is 4.12. The van der Waals surface area contributed by atoms with E-state index in [4.69, 9.17) is 14.5 Å². The van der Waals surface area contributed by atoms with Crippen molar-refractivity contribution in [1.29, 1.82) is 5.26 Å². The van der Waals surface area contributed by atoms with Crippen molar-refractivity contribution in [2.75, 3.05) is 7.11 Å². The molecule has 0 saturated carbocycles.